The van der Waals surface area contributed by atoms with E-state index >= 15 is 0 Å². The second-order valence-corrected chi connectivity index (χ2v) is 35.0. The van der Waals surface area contributed by atoms with Gasteiger partial charge in [-0.1, -0.05) is 325 Å². The van der Waals surface area contributed by atoms with E-state index in [0.717, 1.165) is 364 Å². The maximum absolute atomic E-state index is 12.0. The lowest BCUT2D eigenvalue weighted by Crippen LogP contribution is -2.09. The first kappa shape index (κ1) is 97.2. The fraction of sp³-hybridized carbons (Fsp3) is 0.571. The van der Waals surface area contributed by atoms with Crippen LogP contribution in [-0.4, -0.2) is 52.9 Å². The molecule has 0 saturated carbocycles. The molecule has 122 heavy (non-hydrogen) atoms. The predicted octanol–water partition coefficient (Wildman–Crippen LogP) is 33.9. The Kier molecular flexibility index (Phi) is 43.7. The van der Waals surface area contributed by atoms with Crippen LogP contribution in [0.4, 0.5) is 0 Å². The van der Waals surface area contributed by atoms with Crippen LogP contribution >= 0.6 is 0 Å². The summed E-state index contributed by atoms with van der Waals surface area (Å²) >= 11 is 0. The standard InChI is InChI=1S/C112H156N2O8/c1-13-25-35-43-57-115-105-73-97-93-55-53-85(71-95(93)99-75-107(117-59-45-37-27-15-3)111(121-63-49-41-31-19-7)79-103(99)101(97)77-109(105)119-61-47-39-29-17-5)91(81-113)69-89-67-88(66-84(24-12)52-34-22-10)90(68-87(89)65-83(23-11)51-33-21-9)70-92(82-114)86-54-56-94-96(72-86)100-76-108(118-60-46-38-28-16-4)112(122-64-50-42-32-20-8)80-104(100)102-78-110(120-62-48-40-30-18-6)106(74-98(94)102)116-58-44-36-26-14-2/h53-56,67-80,83-84H,13-52,57-66H2,1-12H3/b91-69+,92-70+. The monoisotopic (exact) mass is 1660 g/mol. The molecule has 0 aliphatic heterocycles. The highest BCUT2D eigenvalue weighted by atomic mass is 16.5. The summed E-state index contributed by atoms with van der Waals surface area (Å²) < 4.78 is 54.8. The molecule has 0 fully saturated rings. The lowest BCUT2D eigenvalue weighted by atomic mass is 9.83. The summed E-state index contributed by atoms with van der Waals surface area (Å²) in [5.41, 5.74) is 7.39. The molecule has 9 aromatic carbocycles. The zero-order chi connectivity index (χ0) is 86.5. The van der Waals surface area contributed by atoms with Crippen LogP contribution in [0.1, 0.15) is 373 Å². The van der Waals surface area contributed by atoms with Crippen molar-refractivity contribution in [3.63, 3.8) is 0 Å². The van der Waals surface area contributed by atoms with Gasteiger partial charge in [-0.3, -0.25) is 0 Å². The number of allylic oxidation sites excluding steroid dienone is 2. The van der Waals surface area contributed by atoms with Gasteiger partial charge in [0, 0.05) is 0 Å². The van der Waals surface area contributed by atoms with E-state index in [-0.39, 0.29) is 0 Å². The number of hydrogen-bond acceptors (Lipinski definition) is 10. The van der Waals surface area contributed by atoms with Crippen LogP contribution in [0, 0.1) is 34.5 Å². The normalized spacial score (nSPS) is 12.4. The van der Waals surface area contributed by atoms with Crippen molar-refractivity contribution >= 4 is 87.9 Å². The molecule has 2 unspecified atom stereocenters. The SMILES string of the molecule is CCCCCCOc1cc2c3ccc(/C(C#N)=C/c4cc(CC(CC)CCCC)c(/C=C(\C#N)c5ccc6c(c5)c5cc(OCCCCCC)c(OCCCCCC)cc5c5cc(OCCCCCC)c(OCCCCCC)cc65)cc4CC(CC)CCCC)cc3c3cc(OCCCCCC)c(OCCCCCC)cc3c2cc1OCCCCCC. The number of hydrogen-bond donors (Lipinski definition) is 0. The maximum Gasteiger partial charge on any atom is 0.161 e. The molecule has 0 aromatic heterocycles. The minimum Gasteiger partial charge on any atom is -0.490 e. The Morgan fingerprint density at radius 1 is 0.246 bits per heavy atom. The van der Waals surface area contributed by atoms with Gasteiger partial charge in [-0.25, -0.2) is 0 Å². The summed E-state index contributed by atoms with van der Waals surface area (Å²) in [4.78, 5) is 0. The lowest BCUT2D eigenvalue weighted by molar-refractivity contribution is 0.259. The van der Waals surface area contributed by atoms with E-state index in [9.17, 15) is 10.5 Å². The first-order valence-corrected chi connectivity index (χ1v) is 49.4. The quantitative estimate of drug-likeness (QED) is 0.0158. The van der Waals surface area contributed by atoms with E-state index in [0.29, 0.717) is 75.8 Å². The minimum atomic E-state index is 0.408. The molecule has 0 aliphatic carbocycles. The zero-order valence-electron chi connectivity index (χ0n) is 78.1. The van der Waals surface area contributed by atoms with Gasteiger partial charge in [0.1, 0.15) is 0 Å². The molecule has 0 amide bonds. The third-order valence-electron chi connectivity index (χ3n) is 25.1. The number of nitriles is 2. The molecule has 10 heteroatoms. The summed E-state index contributed by atoms with van der Waals surface area (Å²) in [5.74, 6) is 6.89. The molecule has 0 radical (unpaired) electrons. The van der Waals surface area contributed by atoms with Crippen molar-refractivity contribution in [3.05, 3.63) is 130 Å². The summed E-state index contributed by atoms with van der Waals surface area (Å²) in [6.07, 6.45) is 50.0. The fourth-order valence-corrected chi connectivity index (χ4v) is 17.5. The molecular formula is C112H156N2O8. The molecule has 662 valence electrons. The van der Waals surface area contributed by atoms with Crippen LogP contribution in [0.5, 0.6) is 46.0 Å². The van der Waals surface area contributed by atoms with Crippen LogP contribution in [0.2, 0.25) is 0 Å². The number of rotatable bonds is 64. The summed E-state index contributed by atoms with van der Waals surface area (Å²) in [5, 5.41) is 36.5. The van der Waals surface area contributed by atoms with E-state index in [1.54, 1.807) is 0 Å². The average Bonchev–Trinajstić information content (AvgIpc) is 0.732. The first-order valence-electron chi connectivity index (χ1n) is 49.4. The maximum atomic E-state index is 12.0. The fourth-order valence-electron chi connectivity index (χ4n) is 17.5. The molecule has 0 N–H and O–H groups in total. The highest BCUT2D eigenvalue weighted by Gasteiger charge is 2.25. The van der Waals surface area contributed by atoms with Gasteiger partial charge in [-0.05, 0) is 247 Å². The Bertz CT molecular complexity index is 4500. The van der Waals surface area contributed by atoms with Gasteiger partial charge >= 0.3 is 0 Å². The molecule has 0 heterocycles. The van der Waals surface area contributed by atoms with Crippen molar-refractivity contribution < 1.29 is 37.9 Å². The van der Waals surface area contributed by atoms with Crippen molar-refractivity contribution in [2.75, 3.05) is 52.9 Å². The van der Waals surface area contributed by atoms with Crippen LogP contribution in [-0.2, 0) is 12.8 Å². The van der Waals surface area contributed by atoms with Gasteiger partial charge in [0.15, 0.2) is 46.0 Å². The smallest absolute Gasteiger partial charge is 0.161 e. The summed E-state index contributed by atoms with van der Waals surface area (Å²) in [6, 6.07) is 41.7. The van der Waals surface area contributed by atoms with Gasteiger partial charge in [0.25, 0.3) is 0 Å². The van der Waals surface area contributed by atoms with Crippen molar-refractivity contribution in [3.8, 4) is 58.1 Å². The molecule has 0 aliphatic rings. The minimum absolute atomic E-state index is 0.408. The number of fused-ring (bicyclic) bond motifs is 12. The van der Waals surface area contributed by atoms with Crippen LogP contribution < -0.4 is 37.9 Å². The van der Waals surface area contributed by atoms with Crippen molar-refractivity contribution in [1.82, 2.24) is 0 Å². The van der Waals surface area contributed by atoms with E-state index in [1.807, 2.05) is 0 Å². The lowest BCUT2D eigenvalue weighted by Gasteiger charge is -2.22. The first-order chi connectivity index (χ1) is 60.0. The van der Waals surface area contributed by atoms with Gasteiger partial charge in [-0.2, -0.15) is 10.5 Å². The number of ether oxygens (including phenoxy) is 8. The van der Waals surface area contributed by atoms with Gasteiger partial charge in [-0.15, -0.1) is 0 Å². The second kappa shape index (κ2) is 54.9. The van der Waals surface area contributed by atoms with Gasteiger partial charge < -0.3 is 37.9 Å². The van der Waals surface area contributed by atoms with E-state index in [4.69, 9.17) is 37.9 Å². The zero-order valence-corrected chi connectivity index (χ0v) is 78.1. The number of benzene rings is 9. The number of unbranched alkanes of at least 4 members (excludes halogenated alkanes) is 26. The average molecular weight is 1660 g/mol. The van der Waals surface area contributed by atoms with E-state index in [2.05, 4.69) is 204 Å². The van der Waals surface area contributed by atoms with Gasteiger partial charge in [0.2, 0.25) is 0 Å². The Morgan fingerprint density at radius 2 is 0.451 bits per heavy atom. The molecular weight excluding hydrogens is 1500 g/mol. The second-order valence-electron chi connectivity index (χ2n) is 35.0. The highest BCUT2D eigenvalue weighted by molar-refractivity contribution is 6.28. The summed E-state index contributed by atoms with van der Waals surface area (Å²) in [6.45, 7) is 32.1. The Hall–Kier alpha value is -8.60. The van der Waals surface area contributed by atoms with Crippen molar-refractivity contribution in [2.24, 2.45) is 11.8 Å². The highest BCUT2D eigenvalue weighted by Crippen LogP contribution is 2.49. The summed E-state index contributed by atoms with van der Waals surface area (Å²) in [7, 11) is 0. The van der Waals surface area contributed by atoms with E-state index < -0.39 is 0 Å². The van der Waals surface area contributed by atoms with Crippen LogP contribution in [0.3, 0.4) is 0 Å². The topological polar surface area (TPSA) is 121 Å². The molecule has 0 spiro atoms. The Labute approximate surface area is 737 Å². The molecule has 2 atom stereocenters. The van der Waals surface area contributed by atoms with Crippen LogP contribution in [0.15, 0.2) is 97.1 Å². The number of nitrogens with zero attached hydrogens (tertiary/aromatic N) is 2. The van der Waals surface area contributed by atoms with Crippen molar-refractivity contribution in [1.29, 1.82) is 10.5 Å². The van der Waals surface area contributed by atoms with Gasteiger partial charge in [0.05, 0.1) is 76.1 Å². The molecule has 0 bridgehead atoms. The molecule has 0 saturated heterocycles. The van der Waals surface area contributed by atoms with E-state index in [1.165, 1.54) is 49.7 Å². The predicted molar refractivity (Wildman–Crippen MR) is 522 cm³/mol. The Balaban J connectivity index is 1.28. The molecule has 9 rings (SSSR count). The largest absolute Gasteiger partial charge is 0.490 e. The third-order valence-corrected chi connectivity index (χ3v) is 25.1. The van der Waals surface area contributed by atoms with Crippen molar-refractivity contribution in [2.45, 2.75) is 353 Å². The molecule has 10 nitrogen and oxygen atoms in total. The Morgan fingerprint density at radius 3 is 0.648 bits per heavy atom. The molecule has 9 aromatic rings. The third kappa shape index (κ3) is 28.7. The van der Waals surface area contributed by atoms with Crippen LogP contribution in [0.25, 0.3) is 87.9 Å².